The van der Waals surface area contributed by atoms with Crippen molar-refractivity contribution >= 4 is 15.7 Å². The normalized spacial score (nSPS) is 13.3. The summed E-state index contributed by atoms with van der Waals surface area (Å²) in [7, 11) is 0.216. The minimum Gasteiger partial charge on any atom is -0.495 e. The summed E-state index contributed by atoms with van der Waals surface area (Å²) < 4.78 is 34.5. The van der Waals surface area contributed by atoms with E-state index in [9.17, 15) is 9.00 Å². The molecule has 3 aromatic rings. The fourth-order valence-corrected chi connectivity index (χ4v) is 5.00. The molecule has 0 amide bonds. The number of ether oxygens (including phenoxy) is 2. The van der Waals surface area contributed by atoms with E-state index in [1.165, 1.54) is 14.2 Å². The van der Waals surface area contributed by atoms with E-state index >= 15 is 0 Å². The quantitative estimate of drug-likeness (QED) is 0.468. The first-order valence-corrected chi connectivity index (χ1v) is 11.5. The molecule has 1 aromatic heterocycles. The number of carbonyl (C=O) groups is 1. The highest BCUT2D eigenvalue weighted by Crippen LogP contribution is 2.38. The molecule has 2 aromatic carbocycles. The average Bonchev–Trinajstić information content (AvgIpc) is 3.27. The summed E-state index contributed by atoms with van der Waals surface area (Å²) >= 11 is 0. The highest BCUT2D eigenvalue weighted by atomic mass is 32.2. The number of esters is 1. The maximum absolute atomic E-state index is 13.7. The van der Waals surface area contributed by atoms with E-state index in [1.807, 2.05) is 24.3 Å². The van der Waals surface area contributed by atoms with Gasteiger partial charge in [0.05, 0.1) is 35.1 Å². The second kappa shape index (κ2) is 8.98. The molecule has 1 unspecified atom stereocenters. The molecule has 0 fully saturated rings. The van der Waals surface area contributed by atoms with Crippen LogP contribution in [-0.2, 0) is 20.2 Å². The third-order valence-electron chi connectivity index (χ3n) is 4.64. The van der Waals surface area contributed by atoms with Gasteiger partial charge in [0, 0.05) is 23.1 Å². The van der Waals surface area contributed by atoms with Gasteiger partial charge in [-0.25, -0.2) is 13.4 Å². The second-order valence-electron chi connectivity index (χ2n) is 7.97. The minimum atomic E-state index is -2.81. The molecule has 0 N–H and O–H groups in total. The van der Waals surface area contributed by atoms with Crippen LogP contribution in [0.1, 0.15) is 36.7 Å². The minimum absolute atomic E-state index is 0.0458. The smallest absolute Gasteiger partial charge is 0.342 e. The monoisotopic (exact) mass is 441 g/mol. The molecule has 1 atom stereocenters. The molecule has 0 bridgehead atoms. The Morgan fingerprint density at radius 1 is 1.10 bits per heavy atom. The lowest BCUT2D eigenvalue weighted by atomic mass is 9.99. The lowest BCUT2D eigenvalue weighted by Crippen LogP contribution is -2.25. The van der Waals surface area contributed by atoms with Crippen LogP contribution in [0.5, 0.6) is 5.75 Å². The lowest BCUT2D eigenvalue weighted by molar-refractivity contribution is 0.00657. The summed E-state index contributed by atoms with van der Waals surface area (Å²) in [5, 5.41) is 0. The van der Waals surface area contributed by atoms with Crippen LogP contribution in [-0.4, -0.2) is 29.9 Å². The second-order valence-corrected chi connectivity index (χ2v) is 10.4. The van der Waals surface area contributed by atoms with Crippen LogP contribution in [0.4, 0.5) is 0 Å². The Hall–Kier alpha value is -3.06. The van der Waals surface area contributed by atoms with Crippen molar-refractivity contribution in [3.8, 4) is 16.9 Å². The fraction of sp³-hybridized carbons (Fsp3) is 0.292. The molecule has 0 spiro atoms. The maximum atomic E-state index is 13.7. The number of methoxy groups -OCH3 is 1. The molecule has 1 heterocycles. The largest absolute Gasteiger partial charge is 0.495 e. The molecular weight excluding hydrogens is 414 g/mol. The van der Waals surface area contributed by atoms with E-state index in [2.05, 4.69) is 4.36 Å². The summed E-state index contributed by atoms with van der Waals surface area (Å²) in [6.07, 6.45) is 3.12. The predicted molar refractivity (Wildman–Crippen MR) is 121 cm³/mol. The molecule has 0 aliphatic rings. The van der Waals surface area contributed by atoms with Crippen LogP contribution in [0.15, 0.2) is 74.7 Å². The summed E-state index contributed by atoms with van der Waals surface area (Å²) in [5.41, 5.74) is 1.51. The summed E-state index contributed by atoms with van der Waals surface area (Å²) in [5.74, 6) is -0.154. The highest BCUT2D eigenvalue weighted by molar-refractivity contribution is 7.92. The zero-order valence-corrected chi connectivity index (χ0v) is 19.2. The zero-order valence-electron chi connectivity index (χ0n) is 18.4. The number of carbonyl (C=O) groups excluding carboxylic acids is 1. The van der Waals surface area contributed by atoms with Gasteiger partial charge in [-0.2, -0.15) is 0 Å². The standard InChI is InChI=1S/C24H27NO5S/c1-24(2,3)30-23(26)21-18(16-31(27,25-4)19-9-7-6-8-10-19)11-12-20(22(21)28-5)17-13-14-29-15-17/h6-15H,16H2,1-5H3. The molecule has 31 heavy (non-hydrogen) atoms. The van der Waals surface area contributed by atoms with Crippen LogP contribution in [0, 0.1) is 0 Å². The number of hydrogen-bond acceptors (Lipinski definition) is 6. The zero-order chi connectivity index (χ0) is 22.6. The van der Waals surface area contributed by atoms with Gasteiger partial charge in [0.2, 0.25) is 0 Å². The molecule has 164 valence electrons. The first-order chi connectivity index (χ1) is 14.7. The number of rotatable bonds is 6. The van der Waals surface area contributed by atoms with Crippen molar-refractivity contribution in [1.29, 1.82) is 0 Å². The Labute approximate surface area is 183 Å². The maximum Gasteiger partial charge on any atom is 0.342 e. The first-order valence-electron chi connectivity index (χ1n) is 9.82. The molecule has 7 heteroatoms. The van der Waals surface area contributed by atoms with Crippen LogP contribution in [0.3, 0.4) is 0 Å². The van der Waals surface area contributed by atoms with Crippen molar-refractivity contribution in [3.63, 3.8) is 0 Å². The van der Waals surface area contributed by atoms with Gasteiger partial charge in [-0.1, -0.05) is 30.3 Å². The third-order valence-corrected chi connectivity index (χ3v) is 6.94. The van der Waals surface area contributed by atoms with Gasteiger partial charge in [0.25, 0.3) is 0 Å². The van der Waals surface area contributed by atoms with Crippen LogP contribution in [0.2, 0.25) is 0 Å². The number of hydrogen-bond donors (Lipinski definition) is 0. The van der Waals surface area contributed by atoms with Gasteiger partial charge in [0.1, 0.15) is 16.9 Å². The fourth-order valence-electron chi connectivity index (χ4n) is 3.25. The van der Waals surface area contributed by atoms with E-state index in [-0.39, 0.29) is 11.3 Å². The highest BCUT2D eigenvalue weighted by Gasteiger charge is 2.28. The van der Waals surface area contributed by atoms with E-state index < -0.39 is 21.3 Å². The van der Waals surface area contributed by atoms with Crippen LogP contribution in [0.25, 0.3) is 11.1 Å². The molecule has 0 aliphatic heterocycles. The number of nitrogens with zero attached hydrogens (tertiary/aromatic N) is 1. The van der Waals surface area contributed by atoms with Gasteiger partial charge in [-0.15, -0.1) is 0 Å². The van der Waals surface area contributed by atoms with Crippen molar-refractivity contribution in [3.05, 3.63) is 72.2 Å². The van der Waals surface area contributed by atoms with Gasteiger partial charge in [0.15, 0.2) is 0 Å². The topological polar surface area (TPSA) is 78.1 Å². The van der Waals surface area contributed by atoms with Crippen molar-refractivity contribution in [2.75, 3.05) is 14.2 Å². The molecule has 6 nitrogen and oxygen atoms in total. The van der Waals surface area contributed by atoms with Crippen molar-refractivity contribution in [1.82, 2.24) is 0 Å². The van der Waals surface area contributed by atoms with E-state index in [1.54, 1.807) is 57.6 Å². The van der Waals surface area contributed by atoms with Crippen LogP contribution >= 0.6 is 0 Å². The van der Waals surface area contributed by atoms with Gasteiger partial charge >= 0.3 is 5.97 Å². The molecule has 0 saturated heterocycles. The van der Waals surface area contributed by atoms with Gasteiger partial charge in [-0.05, 0) is 44.5 Å². The van der Waals surface area contributed by atoms with Gasteiger partial charge in [-0.3, -0.25) is 0 Å². The average molecular weight is 442 g/mol. The third kappa shape index (κ3) is 4.99. The number of furan rings is 1. The molecular formula is C24H27NO5S. The Morgan fingerprint density at radius 2 is 1.81 bits per heavy atom. The Bertz CT molecular complexity index is 1170. The summed E-state index contributed by atoms with van der Waals surface area (Å²) in [4.78, 5) is 13.8. The van der Waals surface area contributed by atoms with Crippen molar-refractivity contribution in [2.24, 2.45) is 4.36 Å². The first kappa shape index (κ1) is 22.6. The van der Waals surface area contributed by atoms with Gasteiger partial charge < -0.3 is 13.9 Å². The van der Waals surface area contributed by atoms with E-state index in [4.69, 9.17) is 13.9 Å². The van der Waals surface area contributed by atoms with E-state index in [0.29, 0.717) is 21.8 Å². The molecule has 3 rings (SSSR count). The lowest BCUT2D eigenvalue weighted by Gasteiger charge is -2.23. The molecule has 0 aliphatic carbocycles. The Kier molecular flexibility index (Phi) is 6.55. The van der Waals surface area contributed by atoms with E-state index in [0.717, 1.165) is 5.56 Å². The Balaban J connectivity index is 2.20. The van der Waals surface area contributed by atoms with Crippen molar-refractivity contribution < 1.29 is 22.9 Å². The molecule has 0 radical (unpaired) electrons. The Morgan fingerprint density at radius 3 is 2.35 bits per heavy atom. The van der Waals surface area contributed by atoms with Crippen LogP contribution < -0.4 is 4.74 Å². The number of benzene rings is 2. The van der Waals surface area contributed by atoms with Crippen molar-refractivity contribution in [2.45, 2.75) is 37.0 Å². The summed E-state index contributed by atoms with van der Waals surface area (Å²) in [6.45, 7) is 5.39. The molecule has 0 saturated carbocycles. The SMILES string of the molecule is CN=S(=O)(Cc1ccc(-c2ccoc2)c(OC)c1C(=O)OC(C)(C)C)c1ccccc1. The summed E-state index contributed by atoms with van der Waals surface area (Å²) in [6, 6.07) is 14.4. The predicted octanol–water partition coefficient (Wildman–Crippen LogP) is 5.57.